The highest BCUT2D eigenvalue weighted by atomic mass is 32.1. The van der Waals surface area contributed by atoms with Crippen molar-refractivity contribution in [1.29, 1.82) is 0 Å². The first-order chi connectivity index (χ1) is 11.9. The number of hydrogen-bond acceptors (Lipinski definition) is 2. The largest absolute Gasteiger partial charge is 0.356 e. The maximum absolute atomic E-state index is 11.5. The number of ketones is 1. The van der Waals surface area contributed by atoms with Crippen molar-refractivity contribution in [2.75, 3.05) is 5.32 Å². The number of carbonyl (C=O) groups is 1. The van der Waals surface area contributed by atoms with E-state index < -0.39 is 0 Å². The lowest BCUT2D eigenvalue weighted by Gasteiger charge is -2.21. The topological polar surface area (TPSA) is 41.1 Å². The van der Waals surface area contributed by atoms with Crippen LogP contribution in [0.2, 0.25) is 0 Å². The summed E-state index contributed by atoms with van der Waals surface area (Å²) in [5.74, 6) is 0.567. The van der Waals surface area contributed by atoms with Gasteiger partial charge >= 0.3 is 0 Å². The predicted molar refractivity (Wildman–Crippen MR) is 109 cm³/mol. The Morgan fingerprint density at radius 3 is 2.28 bits per heavy atom. The molecule has 1 atom stereocenters. The van der Waals surface area contributed by atoms with Gasteiger partial charge < -0.3 is 10.6 Å². The number of rotatable bonds is 6. The van der Waals surface area contributed by atoms with E-state index in [-0.39, 0.29) is 11.8 Å². The van der Waals surface area contributed by atoms with E-state index in [0.717, 1.165) is 12.1 Å². The lowest BCUT2D eigenvalue weighted by Crippen LogP contribution is -2.32. The Morgan fingerprint density at radius 2 is 1.72 bits per heavy atom. The van der Waals surface area contributed by atoms with E-state index in [2.05, 4.69) is 55.7 Å². The van der Waals surface area contributed by atoms with Crippen molar-refractivity contribution in [3.63, 3.8) is 0 Å². The molecule has 0 aliphatic carbocycles. The molecule has 3 nitrogen and oxygen atoms in total. The molecule has 2 rings (SSSR count). The van der Waals surface area contributed by atoms with Crippen LogP contribution in [-0.4, -0.2) is 10.9 Å². The lowest BCUT2D eigenvalue weighted by molar-refractivity contribution is 0.101. The molecule has 0 fully saturated rings. The molecular formula is C21H26N2OS. The molecule has 0 spiro atoms. The molecule has 0 saturated heterocycles. The van der Waals surface area contributed by atoms with Crippen LogP contribution >= 0.6 is 12.2 Å². The quantitative estimate of drug-likeness (QED) is 0.534. The molecule has 2 N–H and O–H groups in total. The Bertz CT molecular complexity index is 738. The van der Waals surface area contributed by atoms with Gasteiger partial charge in [-0.15, -0.1) is 0 Å². The highest BCUT2D eigenvalue weighted by Crippen LogP contribution is 2.21. The Hall–Kier alpha value is -2.20. The van der Waals surface area contributed by atoms with Gasteiger partial charge in [-0.3, -0.25) is 4.79 Å². The molecule has 132 valence electrons. The van der Waals surface area contributed by atoms with Gasteiger partial charge in [-0.05, 0) is 54.7 Å². The summed E-state index contributed by atoms with van der Waals surface area (Å²) in [6.07, 6.45) is 0.927. The molecule has 4 heteroatoms. The Morgan fingerprint density at radius 1 is 1.08 bits per heavy atom. The van der Waals surface area contributed by atoms with E-state index in [1.165, 1.54) is 11.1 Å². The fraction of sp³-hybridized carbons (Fsp3) is 0.333. The normalized spacial score (nSPS) is 11.9. The molecule has 0 heterocycles. The fourth-order valence-corrected chi connectivity index (χ4v) is 2.94. The molecule has 25 heavy (non-hydrogen) atoms. The van der Waals surface area contributed by atoms with Gasteiger partial charge in [-0.25, -0.2) is 0 Å². The maximum atomic E-state index is 11.5. The average Bonchev–Trinajstić information content (AvgIpc) is 2.60. The number of benzene rings is 2. The van der Waals surface area contributed by atoms with E-state index in [0.29, 0.717) is 16.6 Å². The summed E-state index contributed by atoms with van der Waals surface area (Å²) < 4.78 is 0. The average molecular weight is 355 g/mol. The van der Waals surface area contributed by atoms with Gasteiger partial charge in [0.2, 0.25) is 0 Å². The Kier molecular flexibility index (Phi) is 6.71. The molecule has 0 bridgehead atoms. The number of thiocarbonyl (C=S) groups is 1. The summed E-state index contributed by atoms with van der Waals surface area (Å²) in [5.41, 5.74) is 4.04. The zero-order valence-corrected chi connectivity index (χ0v) is 16.1. The van der Waals surface area contributed by atoms with Crippen molar-refractivity contribution < 1.29 is 4.79 Å². The highest BCUT2D eigenvalue weighted by Gasteiger charge is 2.11. The van der Waals surface area contributed by atoms with E-state index in [9.17, 15) is 4.79 Å². The Balaban J connectivity index is 2.04. The zero-order valence-electron chi connectivity index (χ0n) is 15.3. The molecule has 0 amide bonds. The predicted octanol–water partition coefficient (Wildman–Crippen LogP) is 5.45. The van der Waals surface area contributed by atoms with Gasteiger partial charge in [0.05, 0.1) is 6.04 Å². The van der Waals surface area contributed by atoms with Crippen LogP contribution in [0.1, 0.15) is 67.6 Å². The minimum Gasteiger partial charge on any atom is -0.356 e. The first-order valence-corrected chi connectivity index (χ1v) is 9.10. The van der Waals surface area contributed by atoms with Crippen LogP contribution in [0.3, 0.4) is 0 Å². The summed E-state index contributed by atoms with van der Waals surface area (Å²) in [6, 6.07) is 16.2. The van der Waals surface area contributed by atoms with Gasteiger partial charge in [-0.2, -0.15) is 0 Å². The summed E-state index contributed by atoms with van der Waals surface area (Å²) in [5, 5.41) is 7.09. The van der Waals surface area contributed by atoms with Crippen LogP contribution < -0.4 is 10.6 Å². The van der Waals surface area contributed by atoms with E-state index in [4.69, 9.17) is 12.2 Å². The minimum atomic E-state index is 0.0409. The van der Waals surface area contributed by atoms with E-state index in [1.54, 1.807) is 13.0 Å². The number of nitrogens with one attached hydrogen (secondary N) is 2. The minimum absolute atomic E-state index is 0.0409. The molecular weight excluding hydrogens is 328 g/mol. The van der Waals surface area contributed by atoms with Gasteiger partial charge in [0.15, 0.2) is 10.9 Å². The molecule has 2 aromatic rings. The monoisotopic (exact) mass is 354 g/mol. The zero-order chi connectivity index (χ0) is 18.4. The number of hydrogen-bond donors (Lipinski definition) is 2. The van der Waals surface area contributed by atoms with Crippen LogP contribution in [0.5, 0.6) is 0 Å². The summed E-state index contributed by atoms with van der Waals surface area (Å²) in [6.45, 7) is 8.08. The number of carbonyl (C=O) groups excluding carboxylic acids is 1. The third kappa shape index (κ3) is 5.40. The number of Topliss-reactive ketones (excluding diaryl/α,β-unsaturated/α-hetero) is 1. The van der Waals surface area contributed by atoms with E-state index in [1.807, 2.05) is 18.2 Å². The van der Waals surface area contributed by atoms with Gasteiger partial charge in [0.1, 0.15) is 0 Å². The van der Waals surface area contributed by atoms with E-state index >= 15 is 0 Å². The second-order valence-electron chi connectivity index (χ2n) is 6.52. The molecule has 0 aromatic heterocycles. The third-order valence-corrected chi connectivity index (χ3v) is 4.47. The van der Waals surface area contributed by atoms with Crippen LogP contribution in [0, 0.1) is 0 Å². The van der Waals surface area contributed by atoms with Crippen LogP contribution in [-0.2, 0) is 0 Å². The van der Waals surface area contributed by atoms with Crippen molar-refractivity contribution in [3.05, 3.63) is 65.2 Å². The third-order valence-electron chi connectivity index (χ3n) is 4.25. The second kappa shape index (κ2) is 8.77. The molecule has 0 saturated carbocycles. The van der Waals surface area contributed by atoms with Crippen molar-refractivity contribution in [3.8, 4) is 0 Å². The van der Waals surface area contributed by atoms with Gasteiger partial charge in [-0.1, -0.05) is 57.2 Å². The smallest absolute Gasteiger partial charge is 0.171 e. The van der Waals surface area contributed by atoms with Crippen molar-refractivity contribution in [1.82, 2.24) is 5.32 Å². The van der Waals surface area contributed by atoms with Crippen LogP contribution in [0.15, 0.2) is 48.5 Å². The second-order valence-corrected chi connectivity index (χ2v) is 6.93. The molecule has 2 aromatic carbocycles. The molecule has 0 aliphatic heterocycles. The lowest BCUT2D eigenvalue weighted by atomic mass is 9.98. The van der Waals surface area contributed by atoms with Gasteiger partial charge in [0.25, 0.3) is 0 Å². The van der Waals surface area contributed by atoms with Crippen LogP contribution in [0.25, 0.3) is 0 Å². The van der Waals surface area contributed by atoms with Crippen molar-refractivity contribution in [2.24, 2.45) is 0 Å². The maximum Gasteiger partial charge on any atom is 0.171 e. The highest BCUT2D eigenvalue weighted by molar-refractivity contribution is 7.80. The SMILES string of the molecule is CCC(NC(=S)Nc1cccc(C(C)=O)c1)c1ccc(C(C)C)cc1. The first-order valence-electron chi connectivity index (χ1n) is 8.69. The van der Waals surface area contributed by atoms with Crippen molar-refractivity contribution in [2.45, 2.75) is 46.1 Å². The van der Waals surface area contributed by atoms with Gasteiger partial charge in [0, 0.05) is 11.3 Å². The first kappa shape index (κ1) is 19.1. The fourth-order valence-electron chi connectivity index (χ4n) is 2.68. The molecule has 1 unspecified atom stereocenters. The summed E-state index contributed by atoms with van der Waals surface area (Å²) in [4.78, 5) is 11.5. The Labute approximate surface area is 155 Å². The van der Waals surface area contributed by atoms with Crippen LogP contribution in [0.4, 0.5) is 5.69 Å². The summed E-state index contributed by atoms with van der Waals surface area (Å²) in [7, 11) is 0. The number of anilines is 1. The summed E-state index contributed by atoms with van der Waals surface area (Å²) >= 11 is 5.45. The standard InChI is InChI=1S/C21H26N2OS/c1-5-20(17-11-9-16(10-12-17)14(2)3)23-21(25)22-19-8-6-7-18(13-19)15(4)24/h6-14,20H,5H2,1-4H3,(H2,22,23,25). The van der Waals surface area contributed by atoms with Crippen molar-refractivity contribution >= 4 is 28.8 Å². The molecule has 0 aliphatic rings. The molecule has 0 radical (unpaired) electrons.